The Morgan fingerprint density at radius 3 is 1.25 bits per heavy atom. The molecule has 0 aromatic carbocycles. The minimum atomic E-state index is 1.56. The van der Waals surface area contributed by atoms with Gasteiger partial charge in [0, 0.05) is 0 Å². The van der Waals surface area contributed by atoms with Gasteiger partial charge in [-0.1, -0.05) is 0 Å². The van der Waals surface area contributed by atoms with Gasteiger partial charge in [0.15, 0.2) is 0 Å². The molecule has 0 nitrogen and oxygen atoms in total. The number of rotatable bonds is 0. The molecule has 0 bridgehead atoms. The molecule has 0 rings (SSSR count). The smallest absolute Gasteiger partial charge is 0.0264 e. The molecule has 0 aromatic heterocycles. The summed E-state index contributed by atoms with van der Waals surface area (Å²) in [5.41, 5.74) is 0. The van der Waals surface area contributed by atoms with E-state index in [-0.39, 0.29) is 0 Å². The predicted molar refractivity (Wildman–Crippen MR) is 27.1 cm³/mol. The highest BCUT2D eigenvalue weighted by atomic mass is 32.1. The summed E-state index contributed by atoms with van der Waals surface area (Å²) in [6.45, 7) is 0. The first kappa shape index (κ1) is 4.44. The molecule has 24 valence electrons. The molecule has 0 spiro atoms. The van der Waals surface area contributed by atoms with Crippen molar-refractivity contribution in [1.29, 1.82) is 0 Å². The van der Waals surface area contributed by atoms with Gasteiger partial charge in [-0.15, -0.1) is 0 Å². The van der Waals surface area contributed by atoms with E-state index >= 15 is 0 Å². The third-order valence-corrected chi connectivity index (χ3v) is 0.600. The highest BCUT2D eigenvalue weighted by Crippen LogP contribution is 1.76. The summed E-state index contributed by atoms with van der Waals surface area (Å²) in [5.74, 6) is 0. The van der Waals surface area contributed by atoms with Crippen LogP contribution in [0.5, 0.6) is 0 Å². The molecule has 0 radical (unpaired) electrons. The Kier molecular flexibility index (Phi) is 3.82. The van der Waals surface area contributed by atoms with E-state index in [1.54, 1.807) is 10.8 Å². The third-order valence-electron chi connectivity index (χ3n) is 0.0667. The molecule has 0 fully saturated rings. The second-order valence-corrected chi connectivity index (χ2v) is 0.894. The van der Waals surface area contributed by atoms with Gasteiger partial charge in [-0.3, -0.25) is 0 Å². The zero-order chi connectivity index (χ0) is 3.41. The van der Waals surface area contributed by atoms with Crippen molar-refractivity contribution in [1.82, 2.24) is 0 Å². The van der Waals surface area contributed by atoms with Gasteiger partial charge in [-0.05, 0) is 10.8 Å². The van der Waals surface area contributed by atoms with Gasteiger partial charge in [0.05, 0.1) is 0 Å². The molecule has 0 N–H and O–H groups in total. The maximum absolute atomic E-state index is 3.66. The number of thiol groups is 2. The van der Waals surface area contributed by atoms with Crippen LogP contribution in [0.4, 0.5) is 0 Å². The first-order chi connectivity index (χ1) is 1.91. The van der Waals surface area contributed by atoms with Crippen molar-refractivity contribution in [3.8, 4) is 0 Å². The van der Waals surface area contributed by atoms with E-state index < -0.39 is 0 Å². The van der Waals surface area contributed by atoms with Crippen LogP contribution < -0.4 is 0 Å². The fourth-order valence-electron chi connectivity index (χ4n) is 0. The topological polar surface area (TPSA) is 0 Å². The standard InChI is InChI=1S/C2H4S2/c3-1-2-4/h1-4H/b2-1+. The van der Waals surface area contributed by atoms with Crippen LogP contribution >= 0.6 is 25.3 Å². The molecule has 0 aliphatic heterocycles. The Bertz CT molecular complexity index is 19.2. The van der Waals surface area contributed by atoms with E-state index in [0.29, 0.717) is 0 Å². The molecule has 0 aliphatic rings. The van der Waals surface area contributed by atoms with Crippen molar-refractivity contribution in [2.75, 3.05) is 0 Å². The summed E-state index contributed by atoms with van der Waals surface area (Å²) in [4.78, 5) is 0. The normalized spacial score (nSPS) is 9.50. The van der Waals surface area contributed by atoms with Crippen molar-refractivity contribution in [2.24, 2.45) is 0 Å². The van der Waals surface area contributed by atoms with Gasteiger partial charge >= 0.3 is 0 Å². The number of hydrogen-bond acceptors (Lipinski definition) is 2. The predicted octanol–water partition coefficient (Wildman–Crippen LogP) is 1.32. The third kappa shape index (κ3) is 2.44. The Hall–Kier alpha value is 0.440. The Balaban J connectivity index is 2.55. The zero-order valence-corrected chi connectivity index (χ0v) is 3.84. The maximum atomic E-state index is 3.66. The molecule has 0 aliphatic carbocycles. The minimum absolute atomic E-state index is 1.56. The largest absolute Gasteiger partial charge is 0.151 e. The molecule has 2 heteroatoms. The van der Waals surface area contributed by atoms with Gasteiger partial charge in [-0.25, -0.2) is 0 Å². The van der Waals surface area contributed by atoms with Crippen molar-refractivity contribution in [3.63, 3.8) is 0 Å². The summed E-state index contributed by atoms with van der Waals surface area (Å²) in [5, 5.41) is 3.12. The molecule has 0 saturated carbocycles. The summed E-state index contributed by atoms with van der Waals surface area (Å²) >= 11 is 7.33. The molecule has 0 unspecified atom stereocenters. The van der Waals surface area contributed by atoms with Crippen LogP contribution in [0.3, 0.4) is 0 Å². The summed E-state index contributed by atoms with van der Waals surface area (Å²) in [6, 6.07) is 0. The van der Waals surface area contributed by atoms with Crippen LogP contribution in [0, 0.1) is 0 Å². The van der Waals surface area contributed by atoms with Gasteiger partial charge in [0.2, 0.25) is 0 Å². The zero-order valence-electron chi connectivity index (χ0n) is 2.05. The van der Waals surface area contributed by atoms with Gasteiger partial charge in [0.25, 0.3) is 0 Å². The van der Waals surface area contributed by atoms with Crippen LogP contribution in [0.1, 0.15) is 0 Å². The van der Waals surface area contributed by atoms with Crippen LogP contribution in [-0.4, -0.2) is 0 Å². The SMILES string of the molecule is S/C=C/S. The Morgan fingerprint density at radius 1 is 1.00 bits per heavy atom. The summed E-state index contributed by atoms with van der Waals surface area (Å²) < 4.78 is 0. The maximum Gasteiger partial charge on any atom is -0.0264 e. The van der Waals surface area contributed by atoms with Crippen LogP contribution in [-0.2, 0) is 0 Å². The van der Waals surface area contributed by atoms with Gasteiger partial charge < -0.3 is 0 Å². The van der Waals surface area contributed by atoms with E-state index in [1.165, 1.54) is 0 Å². The van der Waals surface area contributed by atoms with Crippen LogP contribution in [0.2, 0.25) is 0 Å². The lowest BCUT2D eigenvalue weighted by molar-refractivity contribution is 2.61. The fourth-order valence-corrected chi connectivity index (χ4v) is 0. The summed E-state index contributed by atoms with van der Waals surface area (Å²) in [7, 11) is 0. The average Bonchev–Trinajstić information content (AvgIpc) is 1.37. The fraction of sp³-hybridized carbons (Fsp3) is 0. The van der Waals surface area contributed by atoms with Crippen LogP contribution in [0.25, 0.3) is 0 Å². The van der Waals surface area contributed by atoms with Crippen molar-refractivity contribution in [3.05, 3.63) is 10.8 Å². The molecule has 0 atom stereocenters. The highest BCUT2D eigenvalue weighted by molar-refractivity contribution is 7.87. The molecule has 0 saturated heterocycles. The second-order valence-electron chi connectivity index (χ2n) is 0.298. The van der Waals surface area contributed by atoms with Crippen molar-refractivity contribution < 1.29 is 0 Å². The summed E-state index contributed by atoms with van der Waals surface area (Å²) in [6.07, 6.45) is 0. The highest BCUT2D eigenvalue weighted by Gasteiger charge is 1.35. The first-order valence-corrected chi connectivity index (χ1v) is 1.88. The van der Waals surface area contributed by atoms with Crippen molar-refractivity contribution in [2.45, 2.75) is 0 Å². The van der Waals surface area contributed by atoms with Gasteiger partial charge in [0.1, 0.15) is 0 Å². The molecular formula is C2H4S2. The van der Waals surface area contributed by atoms with E-state index in [9.17, 15) is 0 Å². The first-order valence-electron chi connectivity index (χ1n) is 0.850. The van der Waals surface area contributed by atoms with Crippen molar-refractivity contribution >= 4 is 25.3 Å². The average molecular weight is 92.2 g/mol. The van der Waals surface area contributed by atoms with E-state index in [0.717, 1.165) is 0 Å². The van der Waals surface area contributed by atoms with E-state index in [4.69, 9.17) is 0 Å². The monoisotopic (exact) mass is 92.0 g/mol. The van der Waals surface area contributed by atoms with E-state index in [1.807, 2.05) is 0 Å². The molecular weight excluding hydrogens is 88.2 g/mol. The molecule has 0 aromatic rings. The van der Waals surface area contributed by atoms with E-state index in [2.05, 4.69) is 25.3 Å². The Labute approximate surface area is 36.7 Å². The minimum Gasteiger partial charge on any atom is -0.151 e. The second kappa shape index (κ2) is 3.44. The quantitative estimate of drug-likeness (QED) is 0.414. The number of hydrogen-bond donors (Lipinski definition) is 2. The molecule has 0 heterocycles. The lowest BCUT2D eigenvalue weighted by Gasteiger charge is -1.48. The van der Waals surface area contributed by atoms with Crippen LogP contribution in [0.15, 0.2) is 10.8 Å². The molecule has 4 heavy (non-hydrogen) atoms. The Morgan fingerprint density at radius 2 is 1.25 bits per heavy atom. The van der Waals surface area contributed by atoms with Gasteiger partial charge in [-0.2, -0.15) is 25.3 Å². The molecule has 0 amide bonds. The lowest BCUT2D eigenvalue weighted by atomic mass is 11.3. The lowest BCUT2D eigenvalue weighted by Crippen LogP contribution is -1.12.